The molecule has 4 nitrogen and oxygen atoms in total. The van der Waals surface area contributed by atoms with Crippen LogP contribution >= 0.6 is 0 Å². The molecule has 4 saturated carbocycles. The van der Waals surface area contributed by atoms with Crippen LogP contribution in [0.25, 0.3) is 0 Å². The van der Waals surface area contributed by atoms with E-state index < -0.39 is 34.2 Å². The van der Waals surface area contributed by atoms with Gasteiger partial charge in [-0.25, -0.2) is 0 Å². The summed E-state index contributed by atoms with van der Waals surface area (Å²) in [7, 11) is -9.87. The van der Waals surface area contributed by atoms with Gasteiger partial charge in [0.05, 0.1) is 0 Å². The van der Waals surface area contributed by atoms with Crippen molar-refractivity contribution in [3.63, 3.8) is 0 Å². The minimum Gasteiger partial charge on any atom is -0.415 e. The summed E-state index contributed by atoms with van der Waals surface area (Å²) >= 11 is 0. The van der Waals surface area contributed by atoms with Gasteiger partial charge in [-0.1, -0.05) is 55.4 Å². The molecule has 0 aromatic rings. The van der Waals surface area contributed by atoms with Crippen molar-refractivity contribution in [1.82, 2.24) is 0 Å². The van der Waals surface area contributed by atoms with Crippen LogP contribution in [0, 0.1) is 0 Å². The van der Waals surface area contributed by atoms with Crippen molar-refractivity contribution < 1.29 is 16.5 Å². The first kappa shape index (κ1) is 24.4. The maximum absolute atomic E-state index is 7.83. The monoisotopic (exact) mass is 512 g/mol. The topological polar surface area (TPSA) is 36.9 Å². The Morgan fingerprint density at radius 3 is 0.625 bits per heavy atom. The van der Waals surface area contributed by atoms with Crippen molar-refractivity contribution >= 4 is 34.2 Å². The van der Waals surface area contributed by atoms with Crippen LogP contribution in [0.15, 0.2) is 0 Å². The van der Waals surface area contributed by atoms with Crippen LogP contribution in [0.1, 0.15) is 107 Å². The van der Waals surface area contributed by atoms with E-state index in [0.717, 1.165) is 0 Å². The maximum atomic E-state index is 7.83. The molecule has 1 saturated heterocycles. The summed E-state index contributed by atoms with van der Waals surface area (Å²) in [6.07, 6.45) is 10.3. The van der Waals surface area contributed by atoms with Crippen LogP contribution in [-0.2, 0) is 16.5 Å². The predicted molar refractivity (Wildman–Crippen MR) is 140 cm³/mol. The Morgan fingerprint density at radius 2 is 0.531 bits per heavy atom. The third kappa shape index (κ3) is 3.78. The van der Waals surface area contributed by atoms with Gasteiger partial charge in [-0.3, -0.25) is 0 Å². The van der Waals surface area contributed by atoms with Gasteiger partial charge in [0.2, 0.25) is 0 Å². The predicted octanol–water partition coefficient (Wildman–Crippen LogP) is 8.13. The lowest BCUT2D eigenvalue weighted by Gasteiger charge is -2.58. The molecule has 8 heteroatoms. The first-order chi connectivity index (χ1) is 15.0. The first-order valence-corrected chi connectivity index (χ1v) is 21.7. The highest BCUT2D eigenvalue weighted by Crippen LogP contribution is 2.66. The molecular formula is C24H48O4Si4. The SMILES string of the molecule is CC(C)[Si]1(C2CC2)O[Si](C(C)C)(C2CC2)O[Si](C(C)C)(C2CC2)O[Si](C(C)C)(C2CC2)O1. The summed E-state index contributed by atoms with van der Waals surface area (Å²) in [5.41, 5.74) is 4.45. The van der Waals surface area contributed by atoms with Crippen molar-refractivity contribution in [3.05, 3.63) is 0 Å². The Bertz CT molecular complexity index is 567. The van der Waals surface area contributed by atoms with Gasteiger partial charge >= 0.3 is 34.2 Å². The van der Waals surface area contributed by atoms with Crippen LogP contribution in [0.5, 0.6) is 0 Å². The average Bonchev–Trinajstić information content (AvgIpc) is 3.55. The van der Waals surface area contributed by atoms with Crippen molar-refractivity contribution in [2.45, 2.75) is 151 Å². The second kappa shape index (κ2) is 8.11. The minimum absolute atomic E-state index is 0.463. The zero-order valence-corrected chi connectivity index (χ0v) is 25.9. The van der Waals surface area contributed by atoms with E-state index in [-0.39, 0.29) is 0 Å². The molecule has 32 heavy (non-hydrogen) atoms. The van der Waals surface area contributed by atoms with Gasteiger partial charge in [0.15, 0.2) is 0 Å². The molecule has 0 bridgehead atoms. The molecule has 0 aromatic heterocycles. The van der Waals surface area contributed by atoms with Crippen molar-refractivity contribution in [2.75, 3.05) is 0 Å². The normalized spacial score (nSPS) is 43.9. The standard InChI is InChI=1S/C24H48O4Si4/c1-17(2)29(21-9-10-21)25-30(18(3)4,22-11-12-22)27-32(20(7)8,24-15-16-24)28-31(26-29,19(5)6)23-13-14-23/h17-24H,9-16H2,1-8H3. The smallest absolute Gasteiger partial charge is 0.326 e. The summed E-state index contributed by atoms with van der Waals surface area (Å²) in [5.74, 6) is 0. The third-order valence-electron chi connectivity index (χ3n) is 9.08. The molecule has 0 atom stereocenters. The van der Waals surface area contributed by atoms with E-state index >= 15 is 0 Å². The molecule has 184 valence electrons. The van der Waals surface area contributed by atoms with E-state index in [1.165, 1.54) is 51.4 Å². The van der Waals surface area contributed by atoms with Gasteiger partial charge in [-0.15, -0.1) is 0 Å². The third-order valence-corrected chi connectivity index (χ3v) is 32.6. The molecule has 0 radical (unpaired) electrons. The lowest BCUT2D eigenvalue weighted by atomic mass is 10.6. The summed E-state index contributed by atoms with van der Waals surface area (Å²) in [4.78, 5) is 0. The van der Waals surface area contributed by atoms with Gasteiger partial charge < -0.3 is 16.5 Å². The minimum atomic E-state index is -2.47. The number of rotatable bonds is 8. The maximum Gasteiger partial charge on any atom is 0.326 e. The molecular weight excluding hydrogens is 465 g/mol. The van der Waals surface area contributed by atoms with Crippen LogP contribution in [0.2, 0.25) is 44.3 Å². The Morgan fingerprint density at radius 1 is 0.375 bits per heavy atom. The summed E-state index contributed by atoms with van der Waals surface area (Å²) in [6, 6.07) is 0. The molecule has 5 fully saturated rings. The zero-order valence-electron chi connectivity index (χ0n) is 21.9. The van der Waals surface area contributed by atoms with Gasteiger partial charge in [0.1, 0.15) is 0 Å². The molecule has 1 heterocycles. The molecule has 0 amide bonds. The lowest BCUT2D eigenvalue weighted by Crippen LogP contribution is -2.73. The van der Waals surface area contributed by atoms with Crippen molar-refractivity contribution in [3.8, 4) is 0 Å². The molecule has 1 aliphatic heterocycles. The Hall–Kier alpha value is 0.708. The van der Waals surface area contributed by atoms with E-state index in [1.54, 1.807) is 0 Å². The fourth-order valence-electron chi connectivity index (χ4n) is 6.52. The quantitative estimate of drug-likeness (QED) is 0.308. The molecule has 4 aliphatic carbocycles. The number of hydrogen-bond acceptors (Lipinski definition) is 4. The van der Waals surface area contributed by atoms with Crippen LogP contribution in [-0.4, -0.2) is 34.2 Å². The van der Waals surface area contributed by atoms with Gasteiger partial charge in [-0.2, -0.15) is 0 Å². The van der Waals surface area contributed by atoms with Gasteiger partial charge in [-0.05, 0) is 73.5 Å². The molecule has 5 aliphatic rings. The van der Waals surface area contributed by atoms with Crippen molar-refractivity contribution in [2.24, 2.45) is 0 Å². The molecule has 0 unspecified atom stereocenters. The highest BCUT2D eigenvalue weighted by molar-refractivity contribution is 6.98. The molecule has 5 rings (SSSR count). The second-order valence-corrected chi connectivity index (χ2v) is 29.9. The fourth-order valence-corrected chi connectivity index (χ4v) is 37.2. The van der Waals surface area contributed by atoms with Crippen molar-refractivity contribution in [1.29, 1.82) is 0 Å². The highest BCUT2D eigenvalue weighted by atomic mass is 28.5. The molecule has 0 N–H and O–H groups in total. The summed E-state index contributed by atoms with van der Waals surface area (Å²) in [6.45, 7) is 19.2. The highest BCUT2D eigenvalue weighted by Gasteiger charge is 2.75. The second-order valence-electron chi connectivity index (χ2n) is 13.0. The van der Waals surface area contributed by atoms with E-state index in [1.807, 2.05) is 0 Å². The molecule has 0 spiro atoms. The molecule has 0 aromatic carbocycles. The Balaban J connectivity index is 1.69. The van der Waals surface area contributed by atoms with Gasteiger partial charge in [0, 0.05) is 22.2 Å². The van der Waals surface area contributed by atoms with Crippen LogP contribution < -0.4 is 0 Å². The van der Waals surface area contributed by atoms with E-state index in [9.17, 15) is 0 Å². The first-order valence-electron chi connectivity index (χ1n) is 13.8. The zero-order chi connectivity index (χ0) is 23.1. The Labute approximate surface area is 201 Å². The summed E-state index contributed by atoms with van der Waals surface area (Å²) < 4.78 is 31.3. The van der Waals surface area contributed by atoms with Crippen LogP contribution in [0.3, 0.4) is 0 Å². The lowest BCUT2D eigenvalue weighted by molar-refractivity contribution is 0.186. The Kier molecular flexibility index (Phi) is 6.19. The largest absolute Gasteiger partial charge is 0.415 e. The van der Waals surface area contributed by atoms with Gasteiger partial charge in [0.25, 0.3) is 0 Å². The van der Waals surface area contributed by atoms with E-state index in [0.29, 0.717) is 44.3 Å². The van der Waals surface area contributed by atoms with Crippen LogP contribution in [0.4, 0.5) is 0 Å². The summed E-state index contributed by atoms with van der Waals surface area (Å²) in [5, 5.41) is 0. The fraction of sp³-hybridized carbons (Fsp3) is 1.00. The van der Waals surface area contributed by atoms with E-state index in [4.69, 9.17) is 16.5 Å². The van der Waals surface area contributed by atoms with E-state index in [2.05, 4.69) is 55.4 Å². The average molecular weight is 513 g/mol. The number of hydrogen-bond donors (Lipinski definition) is 0.